The Kier molecular flexibility index (Phi) is 8.52. The maximum absolute atomic E-state index is 13.4. The lowest BCUT2D eigenvalue weighted by molar-refractivity contribution is -0.143. The summed E-state index contributed by atoms with van der Waals surface area (Å²) in [7, 11) is 0. The summed E-state index contributed by atoms with van der Waals surface area (Å²) in [4.78, 5) is 39.4. The van der Waals surface area contributed by atoms with E-state index in [2.05, 4.69) is 15.6 Å². The monoisotopic (exact) mass is 545 g/mol. The van der Waals surface area contributed by atoms with Gasteiger partial charge in [-0.2, -0.15) is 13.2 Å². The highest BCUT2D eigenvalue weighted by molar-refractivity contribution is 5.95. The fourth-order valence-corrected chi connectivity index (χ4v) is 4.21. The van der Waals surface area contributed by atoms with Gasteiger partial charge >= 0.3 is 12.1 Å². The SMILES string of the molecule is O=C(NCCNC(=O)c1oc(-c2ccccc2)nc1C(F)(F)F)c1ccc(O[C@H]2CC[C@@H](C(=O)O)CC2)cc1. The topological polar surface area (TPSA) is 131 Å². The van der Waals surface area contributed by atoms with Crippen LogP contribution in [0.15, 0.2) is 59.0 Å². The number of oxazole rings is 1. The summed E-state index contributed by atoms with van der Waals surface area (Å²) >= 11 is 0. The van der Waals surface area contributed by atoms with Crippen molar-refractivity contribution in [1.82, 2.24) is 15.6 Å². The first-order valence-corrected chi connectivity index (χ1v) is 12.3. The maximum Gasteiger partial charge on any atom is 0.437 e. The molecule has 0 radical (unpaired) electrons. The van der Waals surface area contributed by atoms with Crippen LogP contribution in [0, 0.1) is 5.92 Å². The number of aromatic nitrogens is 1. The standard InChI is InChI=1S/C27H26F3N3O6/c28-27(29,30)22-21(39-25(33-22)17-4-2-1-3-5-17)24(35)32-15-14-31-23(34)16-6-10-19(11-7-16)38-20-12-8-18(9-13-20)26(36)37/h1-7,10-11,18,20H,8-9,12-15H2,(H,31,34)(H,32,35)(H,36,37)/t18-,20+. The minimum absolute atomic E-state index is 0.0450. The largest absolute Gasteiger partial charge is 0.490 e. The summed E-state index contributed by atoms with van der Waals surface area (Å²) in [5.41, 5.74) is -0.818. The molecule has 39 heavy (non-hydrogen) atoms. The molecule has 206 valence electrons. The number of carboxylic acids is 1. The van der Waals surface area contributed by atoms with Crippen molar-refractivity contribution in [3.8, 4) is 17.2 Å². The summed E-state index contributed by atoms with van der Waals surface area (Å²) in [5.74, 6) is -3.41. The average molecular weight is 546 g/mol. The molecule has 0 unspecified atom stereocenters. The summed E-state index contributed by atoms with van der Waals surface area (Å²) in [6.07, 6.45) is -2.60. The number of benzene rings is 2. The van der Waals surface area contributed by atoms with Gasteiger partial charge in [0.15, 0.2) is 5.69 Å². The third-order valence-electron chi connectivity index (χ3n) is 6.26. The zero-order chi connectivity index (χ0) is 28.0. The molecule has 2 aromatic carbocycles. The number of aliphatic carboxylic acids is 1. The number of amides is 2. The van der Waals surface area contributed by atoms with E-state index in [9.17, 15) is 27.6 Å². The van der Waals surface area contributed by atoms with Crippen molar-refractivity contribution >= 4 is 17.8 Å². The Morgan fingerprint density at radius 2 is 1.54 bits per heavy atom. The van der Waals surface area contributed by atoms with Crippen molar-refractivity contribution in [1.29, 1.82) is 0 Å². The van der Waals surface area contributed by atoms with Gasteiger partial charge in [0.05, 0.1) is 12.0 Å². The van der Waals surface area contributed by atoms with Crippen LogP contribution < -0.4 is 15.4 Å². The second kappa shape index (κ2) is 12.0. The number of carbonyl (C=O) groups is 3. The van der Waals surface area contributed by atoms with Gasteiger partial charge in [0.25, 0.3) is 11.8 Å². The van der Waals surface area contributed by atoms with Crippen molar-refractivity contribution in [3.63, 3.8) is 0 Å². The molecule has 0 spiro atoms. The number of carboxylic acid groups (broad SMARTS) is 1. The van der Waals surface area contributed by atoms with Crippen LogP contribution in [0.1, 0.15) is 52.3 Å². The maximum atomic E-state index is 13.4. The number of hydrogen-bond acceptors (Lipinski definition) is 6. The van der Waals surface area contributed by atoms with Crippen molar-refractivity contribution in [3.05, 3.63) is 71.6 Å². The van der Waals surface area contributed by atoms with Gasteiger partial charge in [0, 0.05) is 24.2 Å². The van der Waals surface area contributed by atoms with Gasteiger partial charge in [0.2, 0.25) is 11.7 Å². The van der Waals surface area contributed by atoms with Gasteiger partial charge in [-0.05, 0) is 62.1 Å². The quantitative estimate of drug-likeness (QED) is 0.337. The molecule has 3 aromatic rings. The van der Waals surface area contributed by atoms with E-state index >= 15 is 0 Å². The molecule has 1 fully saturated rings. The summed E-state index contributed by atoms with van der Waals surface area (Å²) in [6.45, 7) is -0.194. The lowest BCUT2D eigenvalue weighted by Crippen LogP contribution is -2.35. The van der Waals surface area contributed by atoms with Gasteiger partial charge in [-0.3, -0.25) is 14.4 Å². The van der Waals surface area contributed by atoms with Crippen molar-refractivity contribution in [2.24, 2.45) is 5.92 Å². The van der Waals surface area contributed by atoms with E-state index in [0.29, 0.717) is 37.0 Å². The van der Waals surface area contributed by atoms with Crippen molar-refractivity contribution in [2.75, 3.05) is 13.1 Å². The summed E-state index contributed by atoms with van der Waals surface area (Å²) < 4.78 is 51.3. The fourth-order valence-electron chi connectivity index (χ4n) is 4.21. The van der Waals surface area contributed by atoms with E-state index in [4.69, 9.17) is 14.3 Å². The second-order valence-corrected chi connectivity index (χ2v) is 9.03. The highest BCUT2D eigenvalue weighted by Gasteiger charge is 2.41. The van der Waals surface area contributed by atoms with Crippen LogP contribution in [-0.4, -0.2) is 47.1 Å². The van der Waals surface area contributed by atoms with Gasteiger partial charge in [-0.15, -0.1) is 0 Å². The third kappa shape index (κ3) is 7.15. The summed E-state index contributed by atoms with van der Waals surface area (Å²) in [5, 5.41) is 14.0. The number of nitrogens with zero attached hydrogens (tertiary/aromatic N) is 1. The number of alkyl halides is 3. The highest BCUT2D eigenvalue weighted by Crippen LogP contribution is 2.34. The number of carbonyl (C=O) groups excluding carboxylic acids is 2. The minimum Gasteiger partial charge on any atom is -0.490 e. The zero-order valence-electron chi connectivity index (χ0n) is 20.7. The first kappa shape index (κ1) is 27.7. The van der Waals surface area contributed by atoms with E-state index in [1.54, 1.807) is 42.5 Å². The molecular formula is C27H26F3N3O6. The van der Waals surface area contributed by atoms with E-state index < -0.39 is 35.4 Å². The predicted molar refractivity (Wildman–Crippen MR) is 132 cm³/mol. The molecule has 1 aliphatic carbocycles. The Morgan fingerprint density at radius 1 is 0.923 bits per heavy atom. The lowest BCUT2D eigenvalue weighted by Gasteiger charge is -2.26. The van der Waals surface area contributed by atoms with Crippen molar-refractivity contribution in [2.45, 2.75) is 38.0 Å². The molecule has 1 aromatic heterocycles. The van der Waals surface area contributed by atoms with Gasteiger partial charge in [-0.1, -0.05) is 18.2 Å². The normalized spacial score (nSPS) is 17.3. The van der Waals surface area contributed by atoms with E-state index in [1.807, 2.05) is 0 Å². The fraction of sp³-hybridized carbons (Fsp3) is 0.333. The average Bonchev–Trinajstić information content (AvgIpc) is 3.39. The third-order valence-corrected chi connectivity index (χ3v) is 6.26. The molecule has 3 N–H and O–H groups in total. The zero-order valence-corrected chi connectivity index (χ0v) is 20.7. The molecule has 0 saturated heterocycles. The molecule has 2 amide bonds. The number of nitrogens with one attached hydrogen (secondary N) is 2. The van der Waals surface area contributed by atoms with Crippen LogP contribution in [0.3, 0.4) is 0 Å². The highest BCUT2D eigenvalue weighted by atomic mass is 19.4. The van der Waals surface area contributed by atoms with E-state index in [1.165, 1.54) is 12.1 Å². The lowest BCUT2D eigenvalue weighted by atomic mass is 9.87. The Balaban J connectivity index is 1.26. The van der Waals surface area contributed by atoms with Crippen molar-refractivity contribution < 1.29 is 41.8 Å². The molecule has 1 heterocycles. The van der Waals surface area contributed by atoms with Crippen LogP contribution >= 0.6 is 0 Å². The van der Waals surface area contributed by atoms with Crippen LogP contribution in [0.4, 0.5) is 13.2 Å². The Morgan fingerprint density at radius 3 is 2.13 bits per heavy atom. The van der Waals surface area contributed by atoms with E-state index in [-0.39, 0.29) is 36.6 Å². The van der Waals surface area contributed by atoms with Crippen LogP contribution in [0.25, 0.3) is 11.5 Å². The first-order valence-electron chi connectivity index (χ1n) is 12.3. The van der Waals surface area contributed by atoms with Crippen LogP contribution in [-0.2, 0) is 11.0 Å². The summed E-state index contributed by atoms with van der Waals surface area (Å²) in [6, 6.07) is 14.3. The Labute approximate surface area is 221 Å². The minimum atomic E-state index is -4.90. The number of rotatable bonds is 9. The first-order chi connectivity index (χ1) is 18.6. The Bertz CT molecular complexity index is 1300. The van der Waals surface area contributed by atoms with Crippen LogP contribution in [0.5, 0.6) is 5.75 Å². The van der Waals surface area contributed by atoms with Gasteiger partial charge in [-0.25, -0.2) is 4.98 Å². The molecule has 1 saturated carbocycles. The number of hydrogen-bond donors (Lipinski definition) is 3. The molecule has 1 aliphatic rings. The molecule has 0 atom stereocenters. The molecule has 12 heteroatoms. The molecule has 0 bridgehead atoms. The van der Waals surface area contributed by atoms with E-state index in [0.717, 1.165) is 0 Å². The predicted octanol–water partition coefficient (Wildman–Crippen LogP) is 4.54. The Hall–Kier alpha value is -4.35. The smallest absolute Gasteiger partial charge is 0.437 e. The molecular weight excluding hydrogens is 519 g/mol. The molecule has 9 nitrogen and oxygen atoms in total. The molecule has 4 rings (SSSR count). The second-order valence-electron chi connectivity index (χ2n) is 9.03. The van der Waals surface area contributed by atoms with Crippen LogP contribution in [0.2, 0.25) is 0 Å². The van der Waals surface area contributed by atoms with Gasteiger partial charge in [0.1, 0.15) is 5.75 Å². The molecule has 0 aliphatic heterocycles. The van der Waals surface area contributed by atoms with Gasteiger partial charge < -0.3 is 24.9 Å². The number of halogens is 3. The number of ether oxygens (including phenoxy) is 1.